The normalized spacial score (nSPS) is 13.3. The number of para-hydroxylation sites is 1. The summed E-state index contributed by atoms with van der Waals surface area (Å²) in [5, 5.41) is 0. The van der Waals surface area contributed by atoms with E-state index in [4.69, 9.17) is 18.0 Å². The third-order valence-corrected chi connectivity index (χ3v) is 4.87. The third kappa shape index (κ3) is 2.65. The lowest BCUT2D eigenvalue weighted by Gasteiger charge is -2.24. The van der Waals surface area contributed by atoms with Gasteiger partial charge in [-0.15, -0.1) is 11.8 Å². The molecule has 0 fully saturated rings. The molecule has 1 heterocycles. The van der Waals surface area contributed by atoms with Gasteiger partial charge in [-0.1, -0.05) is 43.4 Å². The van der Waals surface area contributed by atoms with Gasteiger partial charge in [0.15, 0.2) is 0 Å². The molecule has 2 N–H and O–H groups in total. The molecule has 0 atom stereocenters. The van der Waals surface area contributed by atoms with Gasteiger partial charge in [0.2, 0.25) is 0 Å². The van der Waals surface area contributed by atoms with Crippen LogP contribution in [0.5, 0.6) is 0 Å². The van der Waals surface area contributed by atoms with Crippen LogP contribution in [0.3, 0.4) is 0 Å². The highest BCUT2D eigenvalue weighted by molar-refractivity contribution is 7.99. The molecule has 4 heteroatoms. The molecule has 3 rings (SSSR count). The van der Waals surface area contributed by atoms with Crippen molar-refractivity contribution in [1.29, 1.82) is 0 Å². The predicted molar refractivity (Wildman–Crippen MR) is 95.9 cm³/mol. The highest BCUT2D eigenvalue weighted by atomic mass is 32.2. The van der Waals surface area contributed by atoms with Crippen LogP contribution in [0.4, 0.5) is 11.4 Å². The fourth-order valence-electron chi connectivity index (χ4n) is 2.86. The monoisotopic (exact) mass is 314 g/mol. The van der Waals surface area contributed by atoms with E-state index < -0.39 is 0 Å². The summed E-state index contributed by atoms with van der Waals surface area (Å²) in [5.74, 6) is 1.01. The lowest BCUT2D eigenvalue weighted by molar-refractivity contribution is 0.994. The van der Waals surface area contributed by atoms with Gasteiger partial charge in [0.05, 0.1) is 5.69 Å². The van der Waals surface area contributed by atoms with Crippen LogP contribution in [-0.2, 0) is 6.42 Å². The first-order valence-electron chi connectivity index (χ1n) is 7.13. The minimum absolute atomic E-state index is 0.478. The summed E-state index contributed by atoms with van der Waals surface area (Å²) in [7, 11) is 0. The van der Waals surface area contributed by atoms with Crippen molar-refractivity contribution < 1.29 is 0 Å². The van der Waals surface area contributed by atoms with E-state index in [1.54, 1.807) is 11.8 Å². The lowest BCUT2D eigenvalue weighted by Crippen LogP contribution is -2.20. The number of fused-ring (bicyclic) bond motifs is 1. The molecule has 0 saturated heterocycles. The van der Waals surface area contributed by atoms with E-state index in [0.717, 1.165) is 30.0 Å². The quantitative estimate of drug-likeness (QED) is 0.679. The Labute approximate surface area is 135 Å². The molecule has 0 aliphatic carbocycles. The number of rotatable bonds is 4. The molecule has 1 aliphatic rings. The van der Waals surface area contributed by atoms with Crippen molar-refractivity contribution >= 4 is 40.3 Å². The van der Waals surface area contributed by atoms with Gasteiger partial charge in [0.1, 0.15) is 4.99 Å². The SMILES string of the molecule is CCSc1cccc(N2CCc3ccccc32)c1C(N)=S. The molecular weight excluding hydrogens is 296 g/mol. The van der Waals surface area contributed by atoms with E-state index in [-0.39, 0.29) is 0 Å². The second-order valence-corrected chi connectivity index (χ2v) is 6.72. The molecule has 0 unspecified atom stereocenters. The zero-order chi connectivity index (χ0) is 14.8. The van der Waals surface area contributed by atoms with Crippen LogP contribution < -0.4 is 10.6 Å². The zero-order valence-electron chi connectivity index (χ0n) is 12.0. The Hall–Kier alpha value is -1.52. The van der Waals surface area contributed by atoms with Gasteiger partial charge < -0.3 is 10.6 Å². The van der Waals surface area contributed by atoms with E-state index in [2.05, 4.69) is 54.3 Å². The summed E-state index contributed by atoms with van der Waals surface area (Å²) < 4.78 is 0. The van der Waals surface area contributed by atoms with Gasteiger partial charge in [-0.25, -0.2) is 0 Å². The first-order valence-corrected chi connectivity index (χ1v) is 8.52. The molecule has 2 aromatic carbocycles. The number of hydrogen-bond donors (Lipinski definition) is 1. The van der Waals surface area contributed by atoms with Crippen molar-refractivity contribution in [3.05, 3.63) is 53.6 Å². The zero-order valence-corrected chi connectivity index (χ0v) is 13.6. The number of anilines is 2. The van der Waals surface area contributed by atoms with E-state index in [1.165, 1.54) is 16.1 Å². The standard InChI is InChI=1S/C17H18N2S2/c1-2-21-15-9-5-8-14(16(15)17(18)20)19-11-10-12-6-3-4-7-13(12)19/h3-9H,2,10-11H2,1H3,(H2,18,20). The van der Waals surface area contributed by atoms with Crippen molar-refractivity contribution in [3.63, 3.8) is 0 Å². The Bertz CT molecular complexity index is 682. The van der Waals surface area contributed by atoms with E-state index >= 15 is 0 Å². The molecule has 2 nitrogen and oxygen atoms in total. The maximum absolute atomic E-state index is 6.02. The molecule has 21 heavy (non-hydrogen) atoms. The average Bonchev–Trinajstić information content (AvgIpc) is 2.91. The molecule has 1 aliphatic heterocycles. The second kappa shape index (κ2) is 6.08. The van der Waals surface area contributed by atoms with Gasteiger partial charge >= 0.3 is 0 Å². The Kier molecular flexibility index (Phi) is 4.17. The van der Waals surface area contributed by atoms with E-state index in [0.29, 0.717) is 4.99 Å². The molecule has 108 valence electrons. The van der Waals surface area contributed by atoms with Crippen LogP contribution in [0.2, 0.25) is 0 Å². The fraction of sp³-hybridized carbons (Fsp3) is 0.235. The van der Waals surface area contributed by atoms with Crippen LogP contribution in [0.15, 0.2) is 47.4 Å². The van der Waals surface area contributed by atoms with Crippen LogP contribution in [-0.4, -0.2) is 17.3 Å². The van der Waals surface area contributed by atoms with Crippen molar-refractivity contribution in [2.24, 2.45) is 5.73 Å². The number of thioether (sulfide) groups is 1. The summed E-state index contributed by atoms with van der Waals surface area (Å²) in [4.78, 5) is 3.99. The van der Waals surface area contributed by atoms with Crippen LogP contribution in [0.25, 0.3) is 0 Å². The van der Waals surface area contributed by atoms with Crippen LogP contribution in [0, 0.1) is 0 Å². The predicted octanol–water partition coefficient (Wildman–Crippen LogP) is 4.13. The molecule has 0 saturated carbocycles. The second-order valence-electron chi connectivity index (χ2n) is 4.98. The molecule has 2 aromatic rings. The maximum Gasteiger partial charge on any atom is 0.107 e. The highest BCUT2D eigenvalue weighted by Gasteiger charge is 2.23. The highest BCUT2D eigenvalue weighted by Crippen LogP contribution is 2.39. The number of benzene rings is 2. The van der Waals surface area contributed by atoms with Gasteiger partial charge in [0, 0.05) is 22.7 Å². The minimum atomic E-state index is 0.478. The average molecular weight is 314 g/mol. The Balaban J connectivity index is 2.11. The number of nitrogens with zero attached hydrogens (tertiary/aromatic N) is 1. The third-order valence-electron chi connectivity index (χ3n) is 3.73. The summed E-state index contributed by atoms with van der Waals surface area (Å²) in [6.07, 6.45) is 1.07. The lowest BCUT2D eigenvalue weighted by atomic mass is 10.1. The molecule has 0 bridgehead atoms. The van der Waals surface area contributed by atoms with Crippen molar-refractivity contribution in [1.82, 2.24) is 0 Å². The van der Waals surface area contributed by atoms with Gasteiger partial charge in [-0.05, 0) is 35.9 Å². The Morgan fingerprint density at radius 3 is 2.71 bits per heavy atom. The van der Waals surface area contributed by atoms with E-state index in [9.17, 15) is 0 Å². The van der Waals surface area contributed by atoms with Crippen molar-refractivity contribution in [3.8, 4) is 0 Å². The molecule has 0 aromatic heterocycles. The molecular formula is C17H18N2S2. The van der Waals surface area contributed by atoms with Crippen molar-refractivity contribution in [2.75, 3.05) is 17.2 Å². The molecule has 0 spiro atoms. The van der Waals surface area contributed by atoms with Gasteiger partial charge in [0.25, 0.3) is 0 Å². The molecule has 0 radical (unpaired) electrons. The topological polar surface area (TPSA) is 29.3 Å². The minimum Gasteiger partial charge on any atom is -0.389 e. The Morgan fingerprint density at radius 2 is 1.95 bits per heavy atom. The largest absolute Gasteiger partial charge is 0.389 e. The summed E-state index contributed by atoms with van der Waals surface area (Å²) in [6.45, 7) is 3.13. The first kappa shape index (κ1) is 14.4. The maximum atomic E-state index is 6.02. The van der Waals surface area contributed by atoms with E-state index in [1.807, 2.05) is 0 Å². The number of hydrogen-bond acceptors (Lipinski definition) is 3. The first-order chi connectivity index (χ1) is 10.2. The summed E-state index contributed by atoms with van der Waals surface area (Å²) >= 11 is 7.11. The number of nitrogens with two attached hydrogens (primary N) is 1. The van der Waals surface area contributed by atoms with Crippen molar-refractivity contribution in [2.45, 2.75) is 18.2 Å². The van der Waals surface area contributed by atoms with Gasteiger partial charge in [-0.2, -0.15) is 0 Å². The van der Waals surface area contributed by atoms with Gasteiger partial charge in [-0.3, -0.25) is 0 Å². The number of thiocarbonyl (C=S) groups is 1. The summed E-state index contributed by atoms with van der Waals surface area (Å²) in [6, 6.07) is 14.9. The van der Waals surface area contributed by atoms with Crippen LogP contribution in [0.1, 0.15) is 18.1 Å². The summed E-state index contributed by atoms with van der Waals surface area (Å²) in [5.41, 5.74) is 10.8. The van der Waals surface area contributed by atoms with Crippen LogP contribution >= 0.6 is 24.0 Å². The Morgan fingerprint density at radius 1 is 1.19 bits per heavy atom. The smallest absolute Gasteiger partial charge is 0.107 e. The molecule has 0 amide bonds. The fourth-order valence-corrected chi connectivity index (χ4v) is 3.98.